The van der Waals surface area contributed by atoms with Crippen LogP contribution in [0.3, 0.4) is 0 Å². The maximum atomic E-state index is 12.2. The summed E-state index contributed by atoms with van der Waals surface area (Å²) in [4.78, 5) is 27.7. The Balaban J connectivity index is 2.18. The van der Waals surface area contributed by atoms with Crippen molar-refractivity contribution < 1.29 is 9.59 Å². The average molecular weight is 297 g/mol. The maximum absolute atomic E-state index is 12.2. The number of pyridine rings is 1. The molecular weight excluding hydrogens is 278 g/mol. The second kappa shape index (κ2) is 6.85. The summed E-state index contributed by atoms with van der Waals surface area (Å²) in [5.74, 6) is -0.914. The predicted molar refractivity (Wildman–Crippen MR) is 84.3 cm³/mol. The topological polar surface area (TPSA) is 85.1 Å². The fourth-order valence-corrected chi connectivity index (χ4v) is 2.34. The fraction of sp³-hybridized carbons (Fsp3) is 0.235. The molecule has 1 atom stereocenters. The Kier molecular flexibility index (Phi) is 4.88. The van der Waals surface area contributed by atoms with Crippen LogP contribution in [0.25, 0.3) is 0 Å². The van der Waals surface area contributed by atoms with Crippen molar-refractivity contribution in [2.45, 2.75) is 26.3 Å². The molecule has 0 fully saturated rings. The lowest BCUT2D eigenvalue weighted by atomic mass is 9.96. The van der Waals surface area contributed by atoms with Crippen molar-refractivity contribution in [1.82, 2.24) is 10.3 Å². The highest BCUT2D eigenvalue weighted by atomic mass is 16.2. The maximum Gasteiger partial charge on any atom is 0.253 e. The van der Waals surface area contributed by atoms with Crippen LogP contribution in [0.1, 0.15) is 27.0 Å². The predicted octanol–water partition coefficient (Wildman–Crippen LogP) is 1.52. The van der Waals surface area contributed by atoms with E-state index >= 15 is 0 Å². The van der Waals surface area contributed by atoms with Gasteiger partial charge in [0.1, 0.15) is 6.04 Å². The molecule has 0 bridgehead atoms. The van der Waals surface area contributed by atoms with Crippen LogP contribution >= 0.6 is 0 Å². The molecule has 0 spiro atoms. The van der Waals surface area contributed by atoms with Gasteiger partial charge in [-0.25, -0.2) is 0 Å². The molecule has 22 heavy (non-hydrogen) atoms. The molecule has 1 heterocycles. The van der Waals surface area contributed by atoms with Gasteiger partial charge in [0.25, 0.3) is 5.91 Å². The zero-order valence-electron chi connectivity index (χ0n) is 12.7. The normalized spacial score (nSPS) is 11.7. The van der Waals surface area contributed by atoms with Crippen molar-refractivity contribution in [3.8, 4) is 0 Å². The lowest BCUT2D eigenvalue weighted by Crippen LogP contribution is -2.46. The Morgan fingerprint density at radius 2 is 1.86 bits per heavy atom. The minimum absolute atomic E-state index is 0.358. The largest absolute Gasteiger partial charge is 0.368 e. The molecule has 5 nitrogen and oxygen atoms in total. The molecule has 5 heteroatoms. The number of primary amides is 1. The van der Waals surface area contributed by atoms with Gasteiger partial charge in [-0.05, 0) is 42.7 Å². The van der Waals surface area contributed by atoms with Gasteiger partial charge in [-0.15, -0.1) is 0 Å². The third-order valence-electron chi connectivity index (χ3n) is 3.63. The number of nitrogens with one attached hydrogen (secondary N) is 1. The molecule has 114 valence electrons. The van der Waals surface area contributed by atoms with Crippen LogP contribution < -0.4 is 11.1 Å². The number of nitrogens with zero attached hydrogens (tertiary/aromatic N) is 1. The molecule has 2 rings (SSSR count). The number of nitrogens with two attached hydrogens (primary N) is 1. The van der Waals surface area contributed by atoms with Gasteiger partial charge in [0.05, 0.1) is 5.56 Å². The van der Waals surface area contributed by atoms with Crippen LogP contribution in [-0.4, -0.2) is 22.8 Å². The molecule has 3 N–H and O–H groups in total. The molecule has 2 aromatic rings. The number of hydrogen-bond donors (Lipinski definition) is 2. The Hall–Kier alpha value is -2.69. The van der Waals surface area contributed by atoms with E-state index in [-0.39, 0.29) is 5.91 Å². The van der Waals surface area contributed by atoms with Crippen LogP contribution in [-0.2, 0) is 11.2 Å². The first kappa shape index (κ1) is 15.7. The summed E-state index contributed by atoms with van der Waals surface area (Å²) in [6.07, 6.45) is 3.41. The highest BCUT2D eigenvalue weighted by Gasteiger charge is 2.21. The summed E-state index contributed by atoms with van der Waals surface area (Å²) in [6.45, 7) is 3.95. The van der Waals surface area contributed by atoms with Crippen LogP contribution in [0.15, 0.2) is 42.7 Å². The summed E-state index contributed by atoms with van der Waals surface area (Å²) >= 11 is 0. The standard InChI is InChI=1S/C17H19N3O2/c1-11-5-3-6-12(2)14(11)9-15(16(18)21)20-17(22)13-7-4-8-19-10-13/h3-8,10,15H,9H2,1-2H3,(H2,18,21)(H,20,22)/t15-/m0/s1. The second-order valence-electron chi connectivity index (χ2n) is 5.24. The summed E-state index contributed by atoms with van der Waals surface area (Å²) in [6, 6.07) is 8.46. The molecule has 0 aliphatic rings. The number of rotatable bonds is 5. The Bertz CT molecular complexity index is 663. The van der Waals surface area contributed by atoms with Crippen LogP contribution in [0.2, 0.25) is 0 Å². The van der Waals surface area contributed by atoms with Crippen molar-refractivity contribution in [2.75, 3.05) is 0 Å². The first-order valence-electron chi connectivity index (χ1n) is 7.04. The average Bonchev–Trinajstić information content (AvgIpc) is 2.50. The molecule has 2 amide bonds. The van der Waals surface area contributed by atoms with Gasteiger partial charge >= 0.3 is 0 Å². The highest BCUT2D eigenvalue weighted by molar-refractivity contribution is 5.97. The van der Waals surface area contributed by atoms with Gasteiger partial charge < -0.3 is 11.1 Å². The van der Waals surface area contributed by atoms with Crippen molar-refractivity contribution in [1.29, 1.82) is 0 Å². The SMILES string of the molecule is Cc1cccc(C)c1C[C@H](NC(=O)c1cccnc1)C(N)=O. The molecule has 1 aromatic carbocycles. The lowest BCUT2D eigenvalue weighted by molar-refractivity contribution is -0.119. The van der Waals surface area contributed by atoms with E-state index in [1.807, 2.05) is 32.0 Å². The first-order valence-corrected chi connectivity index (χ1v) is 7.04. The van der Waals surface area contributed by atoms with Crippen molar-refractivity contribution in [2.24, 2.45) is 5.73 Å². The van der Waals surface area contributed by atoms with Crippen molar-refractivity contribution in [3.63, 3.8) is 0 Å². The number of aromatic nitrogens is 1. The lowest BCUT2D eigenvalue weighted by Gasteiger charge is -2.18. The number of carbonyl (C=O) groups is 2. The van der Waals surface area contributed by atoms with Gasteiger partial charge in [-0.1, -0.05) is 18.2 Å². The Labute approximate surface area is 129 Å². The van der Waals surface area contributed by atoms with Gasteiger partial charge in [0.15, 0.2) is 0 Å². The molecule has 1 aromatic heterocycles. The molecule has 0 unspecified atom stereocenters. The van der Waals surface area contributed by atoms with Gasteiger partial charge in [0, 0.05) is 18.8 Å². The third kappa shape index (κ3) is 3.69. The highest BCUT2D eigenvalue weighted by Crippen LogP contribution is 2.15. The van der Waals surface area contributed by atoms with Crippen LogP contribution in [0.5, 0.6) is 0 Å². The second-order valence-corrected chi connectivity index (χ2v) is 5.24. The number of benzene rings is 1. The molecule has 0 aliphatic heterocycles. The quantitative estimate of drug-likeness (QED) is 0.877. The van der Waals surface area contributed by atoms with E-state index in [2.05, 4.69) is 10.3 Å². The van der Waals surface area contributed by atoms with E-state index in [9.17, 15) is 9.59 Å². The van der Waals surface area contributed by atoms with Crippen molar-refractivity contribution in [3.05, 3.63) is 65.0 Å². The smallest absolute Gasteiger partial charge is 0.253 e. The summed E-state index contributed by atoms with van der Waals surface area (Å²) < 4.78 is 0. The number of amides is 2. The summed E-state index contributed by atoms with van der Waals surface area (Å²) in [7, 11) is 0. The molecule has 0 radical (unpaired) electrons. The Morgan fingerprint density at radius 1 is 1.18 bits per heavy atom. The van der Waals surface area contributed by atoms with E-state index in [1.54, 1.807) is 18.3 Å². The minimum atomic E-state index is -0.757. The monoisotopic (exact) mass is 297 g/mol. The van der Waals surface area contributed by atoms with Crippen molar-refractivity contribution >= 4 is 11.8 Å². The van der Waals surface area contributed by atoms with E-state index < -0.39 is 11.9 Å². The number of aryl methyl sites for hydroxylation is 2. The fourth-order valence-electron chi connectivity index (χ4n) is 2.34. The number of hydrogen-bond acceptors (Lipinski definition) is 3. The summed E-state index contributed by atoms with van der Waals surface area (Å²) in [5.41, 5.74) is 9.01. The zero-order chi connectivity index (χ0) is 16.1. The van der Waals surface area contributed by atoms with Gasteiger partial charge in [0.2, 0.25) is 5.91 Å². The van der Waals surface area contributed by atoms with Gasteiger partial charge in [-0.3, -0.25) is 14.6 Å². The Morgan fingerprint density at radius 3 is 2.41 bits per heavy atom. The van der Waals surface area contributed by atoms with E-state index in [4.69, 9.17) is 5.73 Å². The molecule has 0 saturated heterocycles. The zero-order valence-corrected chi connectivity index (χ0v) is 12.7. The summed E-state index contributed by atoms with van der Waals surface area (Å²) in [5, 5.41) is 2.68. The van der Waals surface area contributed by atoms with E-state index in [1.165, 1.54) is 6.20 Å². The molecule has 0 aliphatic carbocycles. The van der Waals surface area contributed by atoms with E-state index in [0.29, 0.717) is 12.0 Å². The van der Waals surface area contributed by atoms with Gasteiger partial charge in [-0.2, -0.15) is 0 Å². The van der Waals surface area contributed by atoms with Crippen LogP contribution in [0.4, 0.5) is 0 Å². The van der Waals surface area contributed by atoms with Crippen LogP contribution in [0, 0.1) is 13.8 Å². The number of carbonyl (C=O) groups excluding carboxylic acids is 2. The minimum Gasteiger partial charge on any atom is -0.368 e. The third-order valence-corrected chi connectivity index (χ3v) is 3.63. The van der Waals surface area contributed by atoms with E-state index in [0.717, 1.165) is 16.7 Å². The molecular formula is C17H19N3O2. The molecule has 0 saturated carbocycles. The first-order chi connectivity index (χ1) is 10.5.